The molecule has 0 bridgehead atoms. The van der Waals surface area contributed by atoms with E-state index in [4.69, 9.17) is 5.73 Å². The number of hydrogen-bond acceptors (Lipinski definition) is 3. The van der Waals surface area contributed by atoms with Gasteiger partial charge in [-0.3, -0.25) is 0 Å². The number of benzene rings is 1. The molecule has 0 saturated heterocycles. The van der Waals surface area contributed by atoms with Crippen molar-refractivity contribution in [1.82, 2.24) is 15.0 Å². The van der Waals surface area contributed by atoms with Crippen molar-refractivity contribution < 1.29 is 4.39 Å². The quantitative estimate of drug-likeness (QED) is 0.860. The summed E-state index contributed by atoms with van der Waals surface area (Å²) in [5.74, 6) is 0.111. The molecule has 2 aromatic rings. The zero-order valence-corrected chi connectivity index (χ0v) is 9.02. The van der Waals surface area contributed by atoms with Crippen LogP contribution >= 0.6 is 0 Å². The first-order chi connectivity index (χ1) is 7.72. The Hall–Kier alpha value is -1.91. The molecule has 0 saturated carbocycles. The van der Waals surface area contributed by atoms with Crippen molar-refractivity contribution in [3.63, 3.8) is 0 Å². The number of hydrogen-bond donors (Lipinski definition) is 1. The van der Waals surface area contributed by atoms with E-state index in [9.17, 15) is 4.39 Å². The van der Waals surface area contributed by atoms with Crippen LogP contribution < -0.4 is 5.73 Å². The second-order valence-corrected chi connectivity index (χ2v) is 3.56. The Balaban J connectivity index is 2.47. The zero-order chi connectivity index (χ0) is 11.5. The fourth-order valence-electron chi connectivity index (χ4n) is 1.60. The predicted molar refractivity (Wildman–Crippen MR) is 59.7 cm³/mol. The molecule has 0 atom stereocenters. The Morgan fingerprint density at radius 3 is 2.94 bits per heavy atom. The molecule has 2 N–H and O–H groups in total. The lowest BCUT2D eigenvalue weighted by Gasteiger charge is -2.05. The van der Waals surface area contributed by atoms with Gasteiger partial charge in [0.05, 0.1) is 11.4 Å². The molecule has 0 amide bonds. The highest BCUT2D eigenvalue weighted by Crippen LogP contribution is 2.16. The molecule has 16 heavy (non-hydrogen) atoms. The van der Waals surface area contributed by atoms with Crippen molar-refractivity contribution in [2.75, 3.05) is 5.73 Å². The Labute approximate surface area is 92.9 Å². The Kier molecular flexibility index (Phi) is 2.85. The maximum atomic E-state index is 13.1. The Morgan fingerprint density at radius 2 is 2.25 bits per heavy atom. The van der Waals surface area contributed by atoms with Crippen LogP contribution in [0.3, 0.4) is 0 Å². The lowest BCUT2D eigenvalue weighted by Crippen LogP contribution is -2.03. The second-order valence-electron chi connectivity index (χ2n) is 3.56. The van der Waals surface area contributed by atoms with Crippen LogP contribution in [0.2, 0.25) is 0 Å². The molecule has 0 radical (unpaired) electrons. The van der Waals surface area contributed by atoms with Crippen molar-refractivity contribution >= 4 is 5.82 Å². The zero-order valence-electron chi connectivity index (χ0n) is 9.02. The molecular weight excluding hydrogens is 207 g/mol. The molecule has 4 nitrogen and oxygen atoms in total. The van der Waals surface area contributed by atoms with E-state index in [0.29, 0.717) is 11.5 Å². The van der Waals surface area contributed by atoms with Gasteiger partial charge in [0.15, 0.2) is 5.82 Å². The minimum Gasteiger partial charge on any atom is -0.381 e. The summed E-state index contributed by atoms with van der Waals surface area (Å²) in [6, 6.07) is 6.21. The summed E-state index contributed by atoms with van der Waals surface area (Å²) in [5, 5.41) is 7.73. The fourth-order valence-corrected chi connectivity index (χ4v) is 1.60. The topological polar surface area (TPSA) is 56.7 Å². The highest BCUT2D eigenvalue weighted by atomic mass is 19.1. The molecule has 0 aliphatic rings. The summed E-state index contributed by atoms with van der Waals surface area (Å²) < 4.78 is 14.7. The van der Waals surface area contributed by atoms with E-state index in [1.165, 1.54) is 12.1 Å². The SMILES string of the molecule is CCCc1c(N)nnn1-c1cccc(F)c1. The number of aromatic nitrogens is 3. The van der Waals surface area contributed by atoms with Gasteiger partial charge in [0.25, 0.3) is 0 Å². The Bertz CT molecular complexity index is 492. The van der Waals surface area contributed by atoms with Gasteiger partial charge in [0.2, 0.25) is 0 Å². The fraction of sp³-hybridized carbons (Fsp3) is 0.273. The van der Waals surface area contributed by atoms with Crippen LogP contribution in [-0.2, 0) is 6.42 Å². The molecule has 0 aliphatic heterocycles. The highest BCUT2D eigenvalue weighted by molar-refractivity contribution is 5.41. The summed E-state index contributed by atoms with van der Waals surface area (Å²) >= 11 is 0. The van der Waals surface area contributed by atoms with Crippen molar-refractivity contribution in [3.05, 3.63) is 35.8 Å². The number of halogens is 1. The Morgan fingerprint density at radius 1 is 1.44 bits per heavy atom. The molecular formula is C11H13FN4. The van der Waals surface area contributed by atoms with Crippen LogP contribution in [0.4, 0.5) is 10.2 Å². The largest absolute Gasteiger partial charge is 0.381 e. The van der Waals surface area contributed by atoms with E-state index in [1.54, 1.807) is 16.8 Å². The molecule has 0 unspecified atom stereocenters. The summed E-state index contributed by atoms with van der Waals surface area (Å²) in [6.45, 7) is 2.04. The molecule has 1 heterocycles. The van der Waals surface area contributed by atoms with Gasteiger partial charge < -0.3 is 5.73 Å². The highest BCUT2D eigenvalue weighted by Gasteiger charge is 2.10. The molecule has 1 aromatic carbocycles. The maximum absolute atomic E-state index is 13.1. The number of nitrogens with two attached hydrogens (primary N) is 1. The first-order valence-corrected chi connectivity index (χ1v) is 5.18. The third-order valence-electron chi connectivity index (χ3n) is 2.33. The maximum Gasteiger partial charge on any atom is 0.169 e. The van der Waals surface area contributed by atoms with Crippen LogP contribution in [0.25, 0.3) is 5.69 Å². The molecule has 0 spiro atoms. The number of nitrogen functional groups attached to an aromatic ring is 1. The predicted octanol–water partition coefficient (Wildman–Crippen LogP) is 1.94. The number of anilines is 1. The van der Waals surface area contributed by atoms with E-state index < -0.39 is 0 Å². The van der Waals surface area contributed by atoms with Gasteiger partial charge in [0.1, 0.15) is 5.82 Å². The smallest absolute Gasteiger partial charge is 0.169 e. The lowest BCUT2D eigenvalue weighted by molar-refractivity contribution is 0.623. The van der Waals surface area contributed by atoms with Crippen LogP contribution in [0.1, 0.15) is 19.0 Å². The third kappa shape index (κ3) is 1.88. The van der Waals surface area contributed by atoms with Crippen molar-refractivity contribution in [3.8, 4) is 5.69 Å². The monoisotopic (exact) mass is 220 g/mol. The van der Waals surface area contributed by atoms with Gasteiger partial charge in [-0.25, -0.2) is 9.07 Å². The normalized spacial score (nSPS) is 10.6. The molecule has 1 aromatic heterocycles. The van der Waals surface area contributed by atoms with E-state index in [-0.39, 0.29) is 5.82 Å². The molecule has 84 valence electrons. The molecule has 0 aliphatic carbocycles. The lowest BCUT2D eigenvalue weighted by atomic mass is 10.2. The van der Waals surface area contributed by atoms with Crippen LogP contribution in [0.5, 0.6) is 0 Å². The molecule has 5 heteroatoms. The number of nitrogens with zero attached hydrogens (tertiary/aromatic N) is 3. The first kappa shape index (κ1) is 10.6. The summed E-state index contributed by atoms with van der Waals surface area (Å²) in [7, 11) is 0. The van der Waals surface area contributed by atoms with Gasteiger partial charge in [-0.05, 0) is 24.6 Å². The number of rotatable bonds is 3. The minimum absolute atomic E-state index is 0.297. The third-order valence-corrected chi connectivity index (χ3v) is 2.33. The van der Waals surface area contributed by atoms with Crippen molar-refractivity contribution in [1.29, 1.82) is 0 Å². The van der Waals surface area contributed by atoms with E-state index in [1.807, 2.05) is 6.92 Å². The first-order valence-electron chi connectivity index (χ1n) is 5.18. The summed E-state index contributed by atoms with van der Waals surface area (Å²) in [6.07, 6.45) is 1.71. The van der Waals surface area contributed by atoms with Crippen LogP contribution in [0.15, 0.2) is 24.3 Å². The van der Waals surface area contributed by atoms with Gasteiger partial charge in [-0.15, -0.1) is 5.10 Å². The second kappa shape index (κ2) is 4.30. The average molecular weight is 220 g/mol. The summed E-state index contributed by atoms with van der Waals surface area (Å²) in [5.41, 5.74) is 7.19. The molecule has 0 fully saturated rings. The minimum atomic E-state index is -0.297. The standard InChI is InChI=1S/C11H13FN4/c1-2-4-10-11(13)14-15-16(10)9-6-3-5-8(12)7-9/h3,5-7H,2,4,13H2,1H3. The van der Waals surface area contributed by atoms with E-state index in [2.05, 4.69) is 10.3 Å². The van der Waals surface area contributed by atoms with Crippen molar-refractivity contribution in [2.45, 2.75) is 19.8 Å². The van der Waals surface area contributed by atoms with E-state index in [0.717, 1.165) is 18.5 Å². The van der Waals surface area contributed by atoms with Crippen molar-refractivity contribution in [2.24, 2.45) is 0 Å². The van der Waals surface area contributed by atoms with Gasteiger partial charge in [0, 0.05) is 0 Å². The van der Waals surface area contributed by atoms with Gasteiger partial charge >= 0.3 is 0 Å². The van der Waals surface area contributed by atoms with Crippen LogP contribution in [0, 0.1) is 5.82 Å². The average Bonchev–Trinajstić information content (AvgIpc) is 2.61. The van der Waals surface area contributed by atoms with E-state index >= 15 is 0 Å². The van der Waals surface area contributed by atoms with Gasteiger partial charge in [-0.1, -0.05) is 24.6 Å². The molecule has 2 rings (SSSR count). The van der Waals surface area contributed by atoms with Crippen LogP contribution in [-0.4, -0.2) is 15.0 Å². The van der Waals surface area contributed by atoms with Gasteiger partial charge in [-0.2, -0.15) is 0 Å². The summed E-state index contributed by atoms with van der Waals surface area (Å²) in [4.78, 5) is 0.